The monoisotopic (exact) mass is 476 g/mol. The van der Waals surface area contributed by atoms with Gasteiger partial charge in [0.05, 0.1) is 12.2 Å². The van der Waals surface area contributed by atoms with E-state index >= 15 is 0 Å². The molecule has 1 heterocycles. The van der Waals surface area contributed by atoms with Crippen LogP contribution in [0, 0.1) is 5.92 Å². The van der Waals surface area contributed by atoms with E-state index in [4.69, 9.17) is 14.2 Å². The number of rotatable bonds is 7. The number of amides is 2. The number of likely N-dealkylation sites (tertiary alicyclic amines) is 1. The van der Waals surface area contributed by atoms with Crippen molar-refractivity contribution >= 4 is 12.2 Å². The zero-order chi connectivity index (χ0) is 24.6. The van der Waals surface area contributed by atoms with E-state index in [1.54, 1.807) is 4.90 Å². The minimum Gasteiger partial charge on any atom is -0.445 e. The van der Waals surface area contributed by atoms with Gasteiger partial charge in [-0.3, -0.25) is 0 Å². The quantitative estimate of drug-likeness (QED) is 0.611. The lowest BCUT2D eigenvalue weighted by Crippen LogP contribution is -2.47. The van der Waals surface area contributed by atoms with Crippen molar-refractivity contribution in [2.75, 3.05) is 26.3 Å². The highest BCUT2D eigenvalue weighted by molar-refractivity contribution is 5.68. The van der Waals surface area contributed by atoms with Crippen LogP contribution in [0.4, 0.5) is 9.59 Å². The number of benzene rings is 1. The van der Waals surface area contributed by atoms with Crippen molar-refractivity contribution in [1.82, 2.24) is 10.2 Å². The Kier molecular flexibility index (Phi) is 9.19. The summed E-state index contributed by atoms with van der Waals surface area (Å²) >= 11 is 0. The molecule has 2 fully saturated rings. The molecular formula is C26H40N2O6. The van der Waals surface area contributed by atoms with Gasteiger partial charge in [0.25, 0.3) is 0 Å². The molecule has 34 heavy (non-hydrogen) atoms. The number of carbonyl (C=O) groups is 2. The number of aliphatic hydroxyl groups is 1. The second-order valence-electron chi connectivity index (χ2n) is 10.6. The maximum Gasteiger partial charge on any atom is 0.410 e. The third-order valence-corrected chi connectivity index (χ3v) is 6.44. The van der Waals surface area contributed by atoms with E-state index in [0.29, 0.717) is 57.9 Å². The zero-order valence-electron chi connectivity index (χ0n) is 20.8. The van der Waals surface area contributed by atoms with Crippen LogP contribution < -0.4 is 5.32 Å². The maximum atomic E-state index is 12.3. The van der Waals surface area contributed by atoms with Crippen LogP contribution in [0.2, 0.25) is 0 Å². The van der Waals surface area contributed by atoms with Gasteiger partial charge in [-0.25, -0.2) is 9.59 Å². The molecule has 1 aliphatic carbocycles. The Morgan fingerprint density at radius 2 is 1.74 bits per heavy atom. The van der Waals surface area contributed by atoms with E-state index in [9.17, 15) is 14.7 Å². The molecule has 0 atom stereocenters. The number of carbonyl (C=O) groups excluding carboxylic acids is 2. The summed E-state index contributed by atoms with van der Waals surface area (Å²) in [4.78, 5) is 26.0. The smallest absolute Gasteiger partial charge is 0.410 e. The van der Waals surface area contributed by atoms with Crippen LogP contribution in [0.1, 0.15) is 64.9 Å². The van der Waals surface area contributed by atoms with Gasteiger partial charge in [0.15, 0.2) is 0 Å². The Morgan fingerprint density at radius 3 is 2.35 bits per heavy atom. The fraction of sp³-hybridized carbons (Fsp3) is 0.692. The molecule has 0 aromatic heterocycles. The standard InChI is InChI=1S/C26H40N2O6/c1-25(2,3)34-23(29)27-22-9-13-26(31,14-10-22)19-32-17-21-11-15-28(16-12-21)24(30)33-18-20-7-5-4-6-8-20/h4-8,21-22,31H,9-19H2,1-3H3,(H,27,29). The predicted octanol–water partition coefficient (Wildman–Crippen LogP) is 4.25. The first-order valence-electron chi connectivity index (χ1n) is 12.4. The number of hydrogen-bond acceptors (Lipinski definition) is 6. The molecule has 1 saturated heterocycles. The molecule has 190 valence electrons. The molecular weight excluding hydrogens is 436 g/mol. The van der Waals surface area contributed by atoms with Gasteiger partial charge in [0.2, 0.25) is 0 Å². The zero-order valence-corrected chi connectivity index (χ0v) is 20.8. The van der Waals surface area contributed by atoms with Gasteiger partial charge in [-0.2, -0.15) is 0 Å². The van der Waals surface area contributed by atoms with Crippen molar-refractivity contribution in [3.63, 3.8) is 0 Å². The molecule has 8 nitrogen and oxygen atoms in total. The first kappa shape index (κ1) is 26.3. The Bertz CT molecular complexity index is 778. The van der Waals surface area contributed by atoms with Gasteiger partial charge >= 0.3 is 12.2 Å². The fourth-order valence-corrected chi connectivity index (χ4v) is 4.43. The highest BCUT2D eigenvalue weighted by Crippen LogP contribution is 2.29. The van der Waals surface area contributed by atoms with Crippen LogP contribution in [0.5, 0.6) is 0 Å². The number of nitrogens with zero attached hydrogens (tertiary/aromatic N) is 1. The summed E-state index contributed by atoms with van der Waals surface area (Å²) in [6.45, 7) is 7.99. The van der Waals surface area contributed by atoms with E-state index in [1.165, 1.54) is 0 Å². The summed E-state index contributed by atoms with van der Waals surface area (Å²) in [5, 5.41) is 13.8. The second-order valence-corrected chi connectivity index (χ2v) is 10.6. The molecule has 1 aromatic carbocycles. The Hall–Kier alpha value is -2.32. The van der Waals surface area contributed by atoms with Crippen molar-refractivity contribution in [2.24, 2.45) is 5.92 Å². The summed E-state index contributed by atoms with van der Waals surface area (Å²) in [6.07, 6.45) is 3.61. The molecule has 1 saturated carbocycles. The van der Waals surface area contributed by atoms with Crippen molar-refractivity contribution in [3.8, 4) is 0 Å². The summed E-state index contributed by atoms with van der Waals surface area (Å²) in [7, 11) is 0. The Labute approximate surface area is 202 Å². The third kappa shape index (κ3) is 8.80. The van der Waals surface area contributed by atoms with E-state index in [0.717, 1.165) is 18.4 Å². The third-order valence-electron chi connectivity index (χ3n) is 6.44. The van der Waals surface area contributed by atoms with Gasteiger partial charge in [-0.05, 0) is 70.8 Å². The van der Waals surface area contributed by atoms with Gasteiger partial charge in [-0.1, -0.05) is 30.3 Å². The molecule has 0 unspecified atom stereocenters. The molecule has 2 aliphatic rings. The lowest BCUT2D eigenvalue weighted by molar-refractivity contribution is -0.0809. The lowest BCUT2D eigenvalue weighted by Gasteiger charge is -2.37. The van der Waals surface area contributed by atoms with Gasteiger partial charge in [0.1, 0.15) is 12.2 Å². The van der Waals surface area contributed by atoms with E-state index in [2.05, 4.69) is 5.32 Å². The van der Waals surface area contributed by atoms with Crippen LogP contribution in [-0.2, 0) is 20.8 Å². The highest BCUT2D eigenvalue weighted by atomic mass is 16.6. The molecule has 0 radical (unpaired) electrons. The molecule has 0 bridgehead atoms. The summed E-state index contributed by atoms with van der Waals surface area (Å²) in [5.74, 6) is 0.368. The maximum absolute atomic E-state index is 12.3. The average Bonchev–Trinajstić information content (AvgIpc) is 2.79. The van der Waals surface area contributed by atoms with Crippen molar-refractivity contribution in [2.45, 2.75) is 83.1 Å². The van der Waals surface area contributed by atoms with Crippen molar-refractivity contribution < 1.29 is 28.9 Å². The number of alkyl carbamates (subject to hydrolysis) is 1. The molecule has 0 spiro atoms. The minimum absolute atomic E-state index is 0.0149. The summed E-state index contributed by atoms with van der Waals surface area (Å²) in [5.41, 5.74) is -0.397. The first-order chi connectivity index (χ1) is 16.1. The number of nitrogens with one attached hydrogen (secondary N) is 1. The molecule has 1 aliphatic heterocycles. The molecule has 8 heteroatoms. The molecule has 2 amide bonds. The predicted molar refractivity (Wildman–Crippen MR) is 128 cm³/mol. The first-order valence-corrected chi connectivity index (χ1v) is 12.4. The largest absolute Gasteiger partial charge is 0.445 e. The normalized spacial score (nSPS) is 23.9. The number of hydrogen-bond donors (Lipinski definition) is 2. The van der Waals surface area contributed by atoms with E-state index in [-0.39, 0.29) is 18.7 Å². The lowest BCUT2D eigenvalue weighted by atomic mass is 9.83. The van der Waals surface area contributed by atoms with E-state index in [1.807, 2.05) is 51.1 Å². The van der Waals surface area contributed by atoms with Crippen LogP contribution in [-0.4, -0.2) is 65.7 Å². The van der Waals surface area contributed by atoms with Gasteiger partial charge in [0, 0.05) is 25.7 Å². The summed E-state index contributed by atoms with van der Waals surface area (Å²) in [6, 6.07) is 9.69. The molecule has 1 aromatic rings. The SMILES string of the molecule is CC(C)(C)OC(=O)NC1CCC(O)(COCC2CCN(C(=O)OCc3ccccc3)CC2)CC1. The molecule has 2 N–H and O–H groups in total. The van der Waals surface area contributed by atoms with Gasteiger partial charge in [-0.15, -0.1) is 0 Å². The Balaban J connectivity index is 1.28. The van der Waals surface area contributed by atoms with Gasteiger partial charge < -0.3 is 29.5 Å². The Morgan fingerprint density at radius 1 is 1.09 bits per heavy atom. The number of ether oxygens (including phenoxy) is 3. The van der Waals surface area contributed by atoms with Crippen LogP contribution in [0.25, 0.3) is 0 Å². The average molecular weight is 477 g/mol. The fourth-order valence-electron chi connectivity index (χ4n) is 4.43. The van der Waals surface area contributed by atoms with Crippen LogP contribution >= 0.6 is 0 Å². The molecule has 3 rings (SSSR count). The topological polar surface area (TPSA) is 97.3 Å². The minimum atomic E-state index is -0.853. The van der Waals surface area contributed by atoms with Crippen LogP contribution in [0.3, 0.4) is 0 Å². The number of piperidine rings is 1. The van der Waals surface area contributed by atoms with E-state index < -0.39 is 17.3 Å². The summed E-state index contributed by atoms with van der Waals surface area (Å²) < 4.78 is 16.6. The van der Waals surface area contributed by atoms with Crippen molar-refractivity contribution in [1.29, 1.82) is 0 Å². The second kappa shape index (κ2) is 11.9. The van der Waals surface area contributed by atoms with Crippen LogP contribution in [0.15, 0.2) is 30.3 Å². The highest BCUT2D eigenvalue weighted by Gasteiger charge is 2.35. The van der Waals surface area contributed by atoms with Crippen molar-refractivity contribution in [3.05, 3.63) is 35.9 Å².